The maximum absolute atomic E-state index is 10.5. The molecule has 1 unspecified atom stereocenters. The third-order valence-corrected chi connectivity index (χ3v) is 1.77. The number of aliphatic hydroxyl groups is 2. The van der Waals surface area contributed by atoms with Gasteiger partial charge in [-0.25, -0.2) is 5.11 Å². The van der Waals surface area contributed by atoms with Crippen molar-refractivity contribution in [3.05, 3.63) is 0 Å². The summed E-state index contributed by atoms with van der Waals surface area (Å²) in [6.07, 6.45) is 1.60. The standard InChI is InChI=1S/C8H17O3/c1-2-3-7(6-9)4-5-8(10)11/h7-8,10-11H,2-6H2,1H3. The smallest absolute Gasteiger partial charge is 0.151 e. The van der Waals surface area contributed by atoms with Gasteiger partial charge in [0.2, 0.25) is 0 Å². The van der Waals surface area contributed by atoms with E-state index in [1.807, 2.05) is 6.92 Å². The highest BCUT2D eigenvalue weighted by Crippen LogP contribution is 2.13. The van der Waals surface area contributed by atoms with E-state index in [0.29, 0.717) is 12.8 Å². The number of aliphatic hydroxyl groups excluding tert-OH is 1. The molecule has 0 aromatic carbocycles. The number of hydrogen-bond donors (Lipinski definition) is 2. The molecule has 0 saturated heterocycles. The maximum Gasteiger partial charge on any atom is 0.151 e. The highest BCUT2D eigenvalue weighted by molar-refractivity contribution is 4.57. The van der Waals surface area contributed by atoms with E-state index in [-0.39, 0.29) is 12.5 Å². The molecule has 3 nitrogen and oxygen atoms in total. The Morgan fingerprint density at radius 2 is 1.82 bits per heavy atom. The fourth-order valence-corrected chi connectivity index (χ4v) is 1.10. The Morgan fingerprint density at radius 1 is 1.18 bits per heavy atom. The molecule has 0 aromatic heterocycles. The van der Waals surface area contributed by atoms with Crippen molar-refractivity contribution < 1.29 is 15.3 Å². The summed E-state index contributed by atoms with van der Waals surface area (Å²) in [5.74, 6) is 0.127. The molecule has 0 heterocycles. The second-order valence-electron chi connectivity index (χ2n) is 2.88. The second-order valence-corrected chi connectivity index (χ2v) is 2.88. The number of hydrogen-bond acceptors (Lipinski definition) is 2. The van der Waals surface area contributed by atoms with Crippen molar-refractivity contribution in [2.45, 2.75) is 38.9 Å². The van der Waals surface area contributed by atoms with Gasteiger partial charge in [-0.2, -0.15) is 0 Å². The van der Waals surface area contributed by atoms with Crippen LogP contribution in [-0.2, 0) is 5.11 Å². The molecule has 1 radical (unpaired) electrons. The first kappa shape index (κ1) is 10.9. The Balaban J connectivity index is 3.35. The minimum absolute atomic E-state index is 0.0967. The normalized spacial score (nSPS) is 13.9. The van der Waals surface area contributed by atoms with E-state index < -0.39 is 6.29 Å². The van der Waals surface area contributed by atoms with Gasteiger partial charge in [-0.3, -0.25) is 0 Å². The minimum Gasteiger partial charge on any atom is -0.368 e. The highest BCUT2D eigenvalue weighted by Gasteiger charge is 2.08. The molecule has 0 fully saturated rings. The van der Waals surface area contributed by atoms with E-state index in [2.05, 4.69) is 0 Å². The van der Waals surface area contributed by atoms with Crippen LogP contribution in [0.2, 0.25) is 0 Å². The molecular formula is C8H17O3. The topological polar surface area (TPSA) is 60.4 Å². The lowest BCUT2D eigenvalue weighted by atomic mass is 9.99. The van der Waals surface area contributed by atoms with Crippen LogP contribution in [0.15, 0.2) is 0 Å². The van der Waals surface area contributed by atoms with E-state index in [9.17, 15) is 5.11 Å². The van der Waals surface area contributed by atoms with Crippen LogP contribution in [-0.4, -0.2) is 23.1 Å². The lowest BCUT2D eigenvalue weighted by Gasteiger charge is -2.11. The van der Waals surface area contributed by atoms with E-state index in [1.54, 1.807) is 0 Å². The van der Waals surface area contributed by atoms with Crippen molar-refractivity contribution >= 4 is 0 Å². The van der Waals surface area contributed by atoms with Crippen LogP contribution in [0.25, 0.3) is 0 Å². The van der Waals surface area contributed by atoms with E-state index >= 15 is 0 Å². The SMILES string of the molecule is CCCC(C[O])CCC(O)O. The largest absolute Gasteiger partial charge is 0.368 e. The Kier molecular flexibility index (Phi) is 6.51. The zero-order chi connectivity index (χ0) is 8.69. The summed E-state index contributed by atoms with van der Waals surface area (Å²) in [6.45, 7) is 1.93. The highest BCUT2D eigenvalue weighted by atomic mass is 16.5. The molecule has 0 amide bonds. The summed E-state index contributed by atoms with van der Waals surface area (Å²) < 4.78 is 0. The minimum atomic E-state index is -1.25. The van der Waals surface area contributed by atoms with Gasteiger partial charge in [-0.05, 0) is 25.2 Å². The monoisotopic (exact) mass is 161 g/mol. The third-order valence-electron chi connectivity index (χ3n) is 1.77. The summed E-state index contributed by atoms with van der Waals surface area (Å²) >= 11 is 0. The molecule has 0 aromatic rings. The van der Waals surface area contributed by atoms with Crippen molar-refractivity contribution in [3.63, 3.8) is 0 Å². The third kappa shape index (κ3) is 6.28. The molecule has 0 aliphatic carbocycles. The van der Waals surface area contributed by atoms with Crippen molar-refractivity contribution in [1.29, 1.82) is 0 Å². The first-order valence-electron chi connectivity index (χ1n) is 4.15. The molecule has 0 aliphatic rings. The van der Waals surface area contributed by atoms with Crippen LogP contribution in [0.3, 0.4) is 0 Å². The van der Waals surface area contributed by atoms with Crippen LogP contribution in [0.4, 0.5) is 0 Å². The summed E-state index contributed by atoms with van der Waals surface area (Å²) in [6, 6.07) is 0. The van der Waals surface area contributed by atoms with Crippen molar-refractivity contribution in [3.8, 4) is 0 Å². The number of rotatable bonds is 6. The molecule has 1 atom stereocenters. The second kappa shape index (κ2) is 6.58. The van der Waals surface area contributed by atoms with E-state index in [0.717, 1.165) is 12.8 Å². The van der Waals surface area contributed by atoms with Gasteiger partial charge < -0.3 is 10.2 Å². The fourth-order valence-electron chi connectivity index (χ4n) is 1.10. The average Bonchev–Trinajstić information content (AvgIpc) is 1.97. The Hall–Kier alpha value is -0.120. The predicted molar refractivity (Wildman–Crippen MR) is 41.4 cm³/mol. The van der Waals surface area contributed by atoms with Crippen LogP contribution in [0.1, 0.15) is 32.6 Å². The van der Waals surface area contributed by atoms with Crippen molar-refractivity contribution in [2.75, 3.05) is 6.61 Å². The van der Waals surface area contributed by atoms with E-state index in [4.69, 9.17) is 10.2 Å². The summed E-state index contributed by atoms with van der Waals surface area (Å²) in [7, 11) is 0. The molecule has 2 N–H and O–H groups in total. The van der Waals surface area contributed by atoms with Gasteiger partial charge in [0.1, 0.15) is 0 Å². The van der Waals surface area contributed by atoms with Crippen molar-refractivity contribution in [1.82, 2.24) is 0 Å². The zero-order valence-corrected chi connectivity index (χ0v) is 6.99. The molecule has 0 bridgehead atoms. The first-order chi connectivity index (χ1) is 5.20. The summed E-state index contributed by atoms with van der Waals surface area (Å²) in [5, 5.41) is 27.5. The van der Waals surface area contributed by atoms with Crippen LogP contribution >= 0.6 is 0 Å². The van der Waals surface area contributed by atoms with Crippen molar-refractivity contribution in [2.24, 2.45) is 5.92 Å². The molecule has 0 spiro atoms. The van der Waals surface area contributed by atoms with Gasteiger partial charge in [0.25, 0.3) is 0 Å². The Bertz CT molecular complexity index is 83.4. The zero-order valence-electron chi connectivity index (χ0n) is 6.99. The molecule has 0 rings (SSSR count). The Labute approximate surface area is 67.7 Å². The van der Waals surface area contributed by atoms with Gasteiger partial charge in [0.05, 0.1) is 6.61 Å². The lowest BCUT2D eigenvalue weighted by Crippen LogP contribution is -2.10. The fraction of sp³-hybridized carbons (Fsp3) is 1.00. The first-order valence-corrected chi connectivity index (χ1v) is 4.15. The van der Waals surface area contributed by atoms with Gasteiger partial charge in [0, 0.05) is 0 Å². The molecule has 67 valence electrons. The van der Waals surface area contributed by atoms with Gasteiger partial charge in [-0.15, -0.1) is 0 Å². The van der Waals surface area contributed by atoms with Crippen LogP contribution in [0.5, 0.6) is 0 Å². The Morgan fingerprint density at radius 3 is 2.18 bits per heavy atom. The van der Waals surface area contributed by atoms with Crippen LogP contribution < -0.4 is 0 Å². The molecule has 3 heteroatoms. The van der Waals surface area contributed by atoms with Gasteiger partial charge >= 0.3 is 0 Å². The molecule has 0 aliphatic heterocycles. The summed E-state index contributed by atoms with van der Waals surface area (Å²) in [5.41, 5.74) is 0. The van der Waals surface area contributed by atoms with E-state index in [1.165, 1.54) is 0 Å². The van der Waals surface area contributed by atoms with Gasteiger partial charge in [-0.1, -0.05) is 13.3 Å². The molecular weight excluding hydrogens is 144 g/mol. The van der Waals surface area contributed by atoms with Gasteiger partial charge in [0.15, 0.2) is 6.29 Å². The molecule has 11 heavy (non-hydrogen) atoms. The maximum atomic E-state index is 10.5. The lowest BCUT2D eigenvalue weighted by molar-refractivity contribution is -0.0510. The average molecular weight is 161 g/mol. The quantitative estimate of drug-likeness (QED) is 0.569. The summed E-state index contributed by atoms with van der Waals surface area (Å²) in [4.78, 5) is 0. The predicted octanol–water partition coefficient (Wildman–Crippen LogP) is 0.924. The molecule has 0 saturated carbocycles. The van der Waals surface area contributed by atoms with Crippen LogP contribution in [0, 0.1) is 5.92 Å².